The SMILES string of the molecule is CCCCCCCCCCCCCCCCCC[NH+](C)c1ccc(CCCC)cc1.Fc1c(F)c(F)c2c(F)c([B-](c3c(F)c(F)c4c(F)c(F)c(F)c(F)c4c3F)(c3c(F)c(F)c4c(F)c(F)c(F)c(F)c4c3F)c3c(F)c(F)c4c(F)c(F)c(F)c(F)c4c3F)c(F)c(F)c2c1F. The Bertz CT molecular complexity index is 4120. The molecule has 0 saturated heterocycles. The number of halogens is 28. The Morgan fingerprint density at radius 1 is 0.222 bits per heavy atom. The molecule has 0 aliphatic heterocycles. The summed E-state index contributed by atoms with van der Waals surface area (Å²) in [4.78, 5) is 1.57. The van der Waals surface area contributed by atoms with Crippen molar-refractivity contribution in [3.05, 3.63) is 193 Å². The Kier molecular flexibility index (Phi) is 24.3. The molecule has 0 amide bonds. The van der Waals surface area contributed by atoms with Crippen molar-refractivity contribution in [1.29, 1.82) is 0 Å². The van der Waals surface area contributed by atoms with Gasteiger partial charge in [-0.2, -0.15) is 0 Å². The molecule has 0 spiro atoms. The molecule has 1 atom stereocenters. The highest BCUT2D eigenvalue weighted by Crippen LogP contribution is 2.41. The number of hydrogen-bond acceptors (Lipinski definition) is 0. The lowest BCUT2D eigenvalue weighted by Gasteiger charge is -2.45. The fourth-order valence-electron chi connectivity index (χ4n) is 12.8. The van der Waals surface area contributed by atoms with Crippen LogP contribution in [0.15, 0.2) is 24.3 Å². The van der Waals surface area contributed by atoms with Crippen LogP contribution in [0.25, 0.3) is 43.1 Å². The Morgan fingerprint density at radius 3 is 0.636 bits per heavy atom. The van der Waals surface area contributed by atoms with Crippen LogP contribution in [0, 0.1) is 163 Å². The second-order valence-corrected chi connectivity index (χ2v) is 23.9. The standard InChI is InChI=1S/C40BF28.C29H53N/c42-13-1-5(25(54)37(66)33(62)21(1)50)17(46)29(58)9(13)41(10-14(43)2-6(18(47)30(10)59)26(55)38(67)34(63)22(2)51,11-15(44)3-7(19(48)31(11)60)27(56)39(68)35(64)23(3)52)12-16(45)4-8(20(49)32(12)61)28(57)40(69)36(65)24(4)53;1-4-6-8-9-10-11-12-13-14-15-16-17-18-19-20-21-27-30(3)29-25-23-28(24-26-29)22-7-5-2/h;23-26H,4-22,27H2,1-3H3/q-1;/p+1. The Labute approximate surface area is 545 Å². The Morgan fingerprint density at radius 2 is 0.414 bits per heavy atom. The molecule has 0 fully saturated rings. The molecule has 534 valence electrons. The maximum Gasteiger partial charge on any atom is 0.198 e. The first-order valence-electron chi connectivity index (χ1n) is 31.1. The van der Waals surface area contributed by atoms with Crippen LogP contribution in [0.2, 0.25) is 0 Å². The predicted molar refractivity (Wildman–Crippen MR) is 315 cm³/mol. The number of rotatable bonds is 25. The van der Waals surface area contributed by atoms with Crippen LogP contribution in [0.5, 0.6) is 0 Å². The number of unbranched alkanes of at least 4 members (excludes halogenated alkanes) is 16. The summed E-state index contributed by atoms with van der Waals surface area (Å²) in [7, 11) is 2.33. The van der Waals surface area contributed by atoms with Crippen LogP contribution in [0.3, 0.4) is 0 Å². The molecule has 0 bridgehead atoms. The zero-order valence-electron chi connectivity index (χ0n) is 52.1. The maximum absolute atomic E-state index is 17.4. The van der Waals surface area contributed by atoms with Gasteiger partial charge in [-0.3, -0.25) is 0 Å². The lowest BCUT2D eigenvalue weighted by Crippen LogP contribution is -3.03. The van der Waals surface area contributed by atoms with Gasteiger partial charge in [0.05, 0.1) is 56.7 Å². The summed E-state index contributed by atoms with van der Waals surface area (Å²) >= 11 is 0. The van der Waals surface area contributed by atoms with E-state index < -0.39 is 234 Å². The van der Waals surface area contributed by atoms with E-state index in [-0.39, 0.29) is 0 Å². The smallest absolute Gasteiger partial charge is 0.198 e. The largest absolute Gasteiger partial charge is 0.305 e. The first kappa shape index (κ1) is 76.8. The molecule has 0 radical (unpaired) electrons. The summed E-state index contributed by atoms with van der Waals surface area (Å²) in [6.07, 6.45) is 19.0. The average molecular weight is 1440 g/mol. The minimum absolute atomic E-state index is 1.23. The van der Waals surface area contributed by atoms with Crippen molar-refractivity contribution in [2.45, 2.75) is 136 Å². The summed E-state index contributed by atoms with van der Waals surface area (Å²) < 4.78 is 442. The van der Waals surface area contributed by atoms with E-state index in [4.69, 9.17) is 0 Å². The van der Waals surface area contributed by atoms with Gasteiger partial charge in [-0.1, -0.05) is 122 Å². The zero-order chi connectivity index (χ0) is 73.3. The van der Waals surface area contributed by atoms with E-state index in [9.17, 15) is 35.1 Å². The van der Waals surface area contributed by atoms with E-state index in [1.165, 1.54) is 140 Å². The van der Waals surface area contributed by atoms with Gasteiger partial charge in [-0.05, 0) is 43.4 Å². The van der Waals surface area contributed by atoms with Crippen LogP contribution in [0.4, 0.5) is 129 Å². The summed E-state index contributed by atoms with van der Waals surface area (Å²) in [6.45, 7) is 5.84. The number of quaternary nitrogens is 1. The molecule has 0 aliphatic rings. The maximum atomic E-state index is 17.4. The van der Waals surface area contributed by atoms with Gasteiger partial charge < -0.3 is 4.90 Å². The van der Waals surface area contributed by atoms with Crippen molar-refractivity contribution in [1.82, 2.24) is 0 Å². The highest BCUT2D eigenvalue weighted by molar-refractivity contribution is 7.20. The third-order valence-electron chi connectivity index (χ3n) is 17.9. The molecule has 9 aromatic carbocycles. The topological polar surface area (TPSA) is 4.44 Å². The summed E-state index contributed by atoms with van der Waals surface area (Å²) in [5.74, 6) is -102. The first-order valence-corrected chi connectivity index (χ1v) is 31.1. The number of nitrogens with one attached hydrogen (secondary N) is 1. The predicted octanol–water partition coefficient (Wildman–Crippen LogP) is 20.0. The fraction of sp³-hybridized carbons (Fsp3) is 0.333. The van der Waals surface area contributed by atoms with E-state index in [2.05, 4.69) is 45.2 Å². The summed E-state index contributed by atoms with van der Waals surface area (Å²) in [5, 5.41) is -25.0. The van der Waals surface area contributed by atoms with E-state index in [1.807, 2.05) is 0 Å². The minimum Gasteiger partial charge on any atom is -0.305 e. The molecule has 0 heterocycles. The lowest BCUT2D eigenvalue weighted by molar-refractivity contribution is -0.810. The molecule has 30 heteroatoms. The van der Waals surface area contributed by atoms with Crippen molar-refractivity contribution >= 4 is 76.8 Å². The molecule has 9 aromatic rings. The van der Waals surface area contributed by atoms with Gasteiger partial charge in [0.2, 0.25) is 0 Å². The van der Waals surface area contributed by atoms with Crippen molar-refractivity contribution in [2.75, 3.05) is 13.6 Å². The second kappa shape index (κ2) is 31.3. The van der Waals surface area contributed by atoms with Gasteiger partial charge in [0, 0.05) is 0 Å². The van der Waals surface area contributed by atoms with Crippen LogP contribution in [-0.4, -0.2) is 19.7 Å². The molecule has 0 aromatic heterocycles. The zero-order valence-corrected chi connectivity index (χ0v) is 52.1. The van der Waals surface area contributed by atoms with Crippen LogP contribution in [0.1, 0.15) is 135 Å². The van der Waals surface area contributed by atoms with Crippen molar-refractivity contribution < 1.29 is 128 Å². The molecule has 1 nitrogen and oxygen atoms in total. The van der Waals surface area contributed by atoms with Crippen LogP contribution in [-0.2, 0) is 6.42 Å². The second-order valence-electron chi connectivity index (χ2n) is 23.9. The summed E-state index contributed by atoms with van der Waals surface area (Å²) in [5.41, 5.74) is -12.9. The molecule has 0 aliphatic carbocycles. The quantitative estimate of drug-likeness (QED) is 0.0191. The number of aryl methyl sites for hydroxylation is 1. The highest BCUT2D eigenvalue weighted by atomic mass is 19.2. The number of hydrogen-bond donors (Lipinski definition) is 1. The van der Waals surface area contributed by atoms with Crippen LogP contribution < -0.4 is 26.8 Å². The number of fused-ring (bicyclic) bond motifs is 4. The van der Waals surface area contributed by atoms with E-state index in [0.717, 1.165) is 0 Å². The normalized spacial score (nSPS) is 12.4. The van der Waals surface area contributed by atoms with Crippen molar-refractivity contribution in [2.24, 2.45) is 0 Å². The third-order valence-corrected chi connectivity index (χ3v) is 17.9. The van der Waals surface area contributed by atoms with Crippen molar-refractivity contribution in [3.63, 3.8) is 0 Å². The first-order chi connectivity index (χ1) is 46.8. The highest BCUT2D eigenvalue weighted by Gasteiger charge is 2.52. The average Bonchev–Trinajstić information content (AvgIpc) is 0.669. The van der Waals surface area contributed by atoms with Gasteiger partial charge >= 0.3 is 0 Å². The molecular formula is C69H54BF28N. The molecule has 99 heavy (non-hydrogen) atoms. The summed E-state index contributed by atoms with van der Waals surface area (Å²) in [6, 6.07) is 9.35. The Hall–Kier alpha value is -7.92. The molecule has 9 rings (SSSR count). The lowest BCUT2D eigenvalue weighted by atomic mass is 9.12. The Balaban J connectivity index is 0.000000350. The molecule has 0 saturated carbocycles. The van der Waals surface area contributed by atoms with Crippen molar-refractivity contribution in [3.8, 4) is 0 Å². The van der Waals surface area contributed by atoms with Gasteiger partial charge in [0.15, 0.2) is 116 Å². The minimum atomic E-state index is -7.99. The van der Waals surface area contributed by atoms with Gasteiger partial charge in [0.1, 0.15) is 58.4 Å². The molecule has 1 N–H and O–H groups in total. The third kappa shape index (κ3) is 13.4. The van der Waals surface area contributed by atoms with Gasteiger partial charge in [0.25, 0.3) is 0 Å². The van der Waals surface area contributed by atoms with E-state index in [1.54, 1.807) is 4.90 Å². The van der Waals surface area contributed by atoms with Gasteiger partial charge in [-0.15, -0.1) is 21.9 Å². The van der Waals surface area contributed by atoms with E-state index >= 15 is 87.8 Å². The van der Waals surface area contributed by atoms with Crippen LogP contribution >= 0.6 is 0 Å². The molecule has 1 unspecified atom stereocenters. The van der Waals surface area contributed by atoms with E-state index in [0.29, 0.717) is 0 Å². The fourth-order valence-corrected chi connectivity index (χ4v) is 12.8. The molecular weight excluding hydrogens is 1390 g/mol. The number of benzene rings is 9. The van der Waals surface area contributed by atoms with Gasteiger partial charge in [-0.25, -0.2) is 123 Å². The monoisotopic (exact) mass is 1440 g/mol.